The van der Waals surface area contributed by atoms with Gasteiger partial charge in [0.15, 0.2) is 0 Å². The summed E-state index contributed by atoms with van der Waals surface area (Å²) in [6.07, 6.45) is 0. The third kappa shape index (κ3) is 4.09. The molecule has 0 aliphatic carbocycles. The van der Waals surface area contributed by atoms with Gasteiger partial charge in [-0.2, -0.15) is 0 Å². The quantitative estimate of drug-likeness (QED) is 0.901. The van der Waals surface area contributed by atoms with E-state index in [1.54, 1.807) is 23.5 Å². The van der Waals surface area contributed by atoms with Crippen molar-refractivity contribution in [2.75, 3.05) is 32.0 Å². The van der Waals surface area contributed by atoms with E-state index in [1.165, 1.54) is 17.0 Å². The van der Waals surface area contributed by atoms with Crippen molar-refractivity contribution in [2.45, 2.75) is 5.92 Å². The van der Waals surface area contributed by atoms with Gasteiger partial charge in [0.1, 0.15) is 5.82 Å². The Morgan fingerprint density at radius 3 is 2.96 bits per heavy atom. The van der Waals surface area contributed by atoms with E-state index in [9.17, 15) is 9.18 Å². The molecule has 1 aromatic heterocycles. The van der Waals surface area contributed by atoms with Crippen LogP contribution in [0, 0.1) is 11.7 Å². The molecule has 0 radical (unpaired) electrons. The predicted octanol–water partition coefficient (Wildman–Crippen LogP) is 3.35. The van der Waals surface area contributed by atoms with Crippen LogP contribution < -0.4 is 10.6 Å². The van der Waals surface area contributed by atoms with Crippen LogP contribution >= 0.6 is 11.3 Å². The van der Waals surface area contributed by atoms with Crippen LogP contribution in [0.15, 0.2) is 41.8 Å². The molecule has 1 fully saturated rings. The first-order valence-corrected chi connectivity index (χ1v) is 8.52. The number of carbonyl (C=O) groups excluding carboxylic acids is 1. The van der Waals surface area contributed by atoms with Crippen LogP contribution in [0.4, 0.5) is 14.9 Å². The zero-order chi connectivity index (χ0) is 16.2. The van der Waals surface area contributed by atoms with E-state index in [0.29, 0.717) is 24.1 Å². The molecule has 23 heavy (non-hydrogen) atoms. The molecule has 0 saturated carbocycles. The lowest BCUT2D eigenvalue weighted by Crippen LogP contribution is -2.35. The topological polar surface area (TPSA) is 44.4 Å². The fourth-order valence-electron chi connectivity index (χ4n) is 3.08. The van der Waals surface area contributed by atoms with E-state index in [-0.39, 0.29) is 11.8 Å². The molecule has 3 rings (SSSR count). The highest BCUT2D eigenvalue weighted by atomic mass is 32.1. The summed E-state index contributed by atoms with van der Waals surface area (Å²) < 4.78 is 13.1. The number of nitrogens with one attached hydrogen (secondary N) is 2. The smallest absolute Gasteiger partial charge is 0.319 e. The van der Waals surface area contributed by atoms with Gasteiger partial charge < -0.3 is 15.5 Å². The molecule has 2 atom stereocenters. The number of benzene rings is 1. The molecular weight excluding hydrogens is 313 g/mol. The Hall–Kier alpha value is -1.92. The average Bonchev–Trinajstić information content (AvgIpc) is 3.14. The van der Waals surface area contributed by atoms with Crippen molar-refractivity contribution in [1.29, 1.82) is 0 Å². The van der Waals surface area contributed by atoms with Gasteiger partial charge in [0.25, 0.3) is 0 Å². The van der Waals surface area contributed by atoms with E-state index in [2.05, 4.69) is 40.1 Å². The van der Waals surface area contributed by atoms with Crippen LogP contribution in [-0.2, 0) is 0 Å². The lowest BCUT2D eigenvalue weighted by molar-refractivity contribution is 0.249. The first kappa shape index (κ1) is 16.0. The fourth-order valence-corrected chi connectivity index (χ4v) is 4.00. The second kappa shape index (κ2) is 7.10. The summed E-state index contributed by atoms with van der Waals surface area (Å²) in [7, 11) is 2.10. The number of urea groups is 1. The number of halogens is 1. The second-order valence-corrected chi connectivity index (χ2v) is 6.93. The highest BCUT2D eigenvalue weighted by molar-refractivity contribution is 7.10. The second-order valence-electron chi connectivity index (χ2n) is 5.95. The average molecular weight is 333 g/mol. The molecule has 1 aliphatic heterocycles. The van der Waals surface area contributed by atoms with Gasteiger partial charge in [0.05, 0.1) is 0 Å². The van der Waals surface area contributed by atoms with Gasteiger partial charge in [0, 0.05) is 36.1 Å². The van der Waals surface area contributed by atoms with Crippen LogP contribution in [0.2, 0.25) is 0 Å². The molecule has 1 aromatic carbocycles. The molecule has 0 bridgehead atoms. The third-order valence-corrected chi connectivity index (χ3v) is 5.14. The normalized spacial score (nSPS) is 21.3. The number of likely N-dealkylation sites (tertiary alicyclic amines) is 1. The van der Waals surface area contributed by atoms with E-state index >= 15 is 0 Å². The van der Waals surface area contributed by atoms with Crippen molar-refractivity contribution in [3.05, 3.63) is 52.5 Å². The van der Waals surface area contributed by atoms with Gasteiger partial charge in [0.2, 0.25) is 0 Å². The van der Waals surface area contributed by atoms with Crippen LogP contribution in [0.25, 0.3) is 0 Å². The summed E-state index contributed by atoms with van der Waals surface area (Å²) >= 11 is 1.77. The first-order chi connectivity index (χ1) is 11.1. The summed E-state index contributed by atoms with van der Waals surface area (Å²) in [5, 5.41) is 7.67. The van der Waals surface area contributed by atoms with E-state index < -0.39 is 0 Å². The predicted molar refractivity (Wildman–Crippen MR) is 91.5 cm³/mol. The summed E-state index contributed by atoms with van der Waals surface area (Å²) in [5.74, 6) is 0.476. The van der Waals surface area contributed by atoms with Gasteiger partial charge >= 0.3 is 6.03 Å². The molecule has 2 N–H and O–H groups in total. The summed E-state index contributed by atoms with van der Waals surface area (Å²) in [4.78, 5) is 15.7. The van der Waals surface area contributed by atoms with Crippen LogP contribution in [0.1, 0.15) is 10.8 Å². The highest BCUT2D eigenvalue weighted by Crippen LogP contribution is 2.34. The number of likely N-dealkylation sites (N-methyl/N-ethyl adjacent to an activating group) is 1. The molecular formula is C17H20FN3OS. The maximum atomic E-state index is 13.1. The maximum Gasteiger partial charge on any atom is 0.319 e. The summed E-state index contributed by atoms with van der Waals surface area (Å²) in [6.45, 7) is 2.58. The van der Waals surface area contributed by atoms with Crippen molar-refractivity contribution in [1.82, 2.24) is 10.2 Å². The molecule has 4 nitrogen and oxygen atoms in total. The zero-order valence-corrected chi connectivity index (χ0v) is 13.8. The standard InChI is InChI=1S/C17H20FN3OS/c1-21-10-12(15(11-21)16-6-3-7-23-16)9-19-17(22)20-14-5-2-4-13(18)8-14/h2-8,12,15H,9-11H2,1H3,(H2,19,20,22). The Bertz CT molecular complexity index is 662. The van der Waals surface area contributed by atoms with Gasteiger partial charge in [-0.05, 0) is 42.6 Å². The van der Waals surface area contributed by atoms with E-state index in [4.69, 9.17) is 0 Å². The number of carbonyl (C=O) groups is 1. The van der Waals surface area contributed by atoms with Crippen molar-refractivity contribution in [2.24, 2.45) is 5.92 Å². The number of amides is 2. The molecule has 2 unspecified atom stereocenters. The van der Waals surface area contributed by atoms with Crippen LogP contribution in [-0.4, -0.2) is 37.6 Å². The van der Waals surface area contributed by atoms with Crippen molar-refractivity contribution >= 4 is 23.1 Å². The van der Waals surface area contributed by atoms with Crippen LogP contribution in [0.5, 0.6) is 0 Å². The van der Waals surface area contributed by atoms with Gasteiger partial charge in [-0.3, -0.25) is 0 Å². The van der Waals surface area contributed by atoms with Gasteiger partial charge in [-0.1, -0.05) is 12.1 Å². The van der Waals surface area contributed by atoms with Crippen molar-refractivity contribution < 1.29 is 9.18 Å². The lowest BCUT2D eigenvalue weighted by atomic mass is 9.94. The Balaban J connectivity index is 1.55. The number of hydrogen-bond acceptors (Lipinski definition) is 3. The van der Waals surface area contributed by atoms with Crippen molar-refractivity contribution in [3.8, 4) is 0 Å². The molecule has 1 aliphatic rings. The molecule has 2 aromatic rings. The fraction of sp³-hybridized carbons (Fsp3) is 0.353. The number of rotatable bonds is 4. The monoisotopic (exact) mass is 333 g/mol. The SMILES string of the molecule is CN1CC(CNC(=O)Nc2cccc(F)c2)C(c2cccs2)C1. The van der Waals surface area contributed by atoms with Gasteiger partial charge in [-0.15, -0.1) is 11.3 Å². The number of anilines is 1. The summed E-state index contributed by atoms with van der Waals surface area (Å²) in [6, 6.07) is 9.83. The summed E-state index contributed by atoms with van der Waals surface area (Å²) in [5.41, 5.74) is 0.459. The highest BCUT2D eigenvalue weighted by Gasteiger charge is 2.32. The Labute approximate surface area is 139 Å². The maximum absolute atomic E-state index is 13.1. The Morgan fingerprint density at radius 2 is 2.22 bits per heavy atom. The largest absolute Gasteiger partial charge is 0.338 e. The van der Waals surface area contributed by atoms with Crippen molar-refractivity contribution in [3.63, 3.8) is 0 Å². The molecule has 2 heterocycles. The Morgan fingerprint density at radius 1 is 1.35 bits per heavy atom. The number of hydrogen-bond donors (Lipinski definition) is 2. The third-order valence-electron chi connectivity index (χ3n) is 4.14. The molecule has 1 saturated heterocycles. The zero-order valence-electron chi connectivity index (χ0n) is 13.0. The minimum Gasteiger partial charge on any atom is -0.338 e. The minimum atomic E-state index is -0.363. The minimum absolute atomic E-state index is 0.296. The van der Waals surface area contributed by atoms with Crippen LogP contribution in [0.3, 0.4) is 0 Å². The molecule has 122 valence electrons. The number of thiophene rings is 1. The molecule has 2 amide bonds. The Kier molecular flexibility index (Phi) is 4.93. The first-order valence-electron chi connectivity index (χ1n) is 7.64. The van der Waals surface area contributed by atoms with Gasteiger partial charge in [-0.25, -0.2) is 9.18 Å². The lowest BCUT2D eigenvalue weighted by Gasteiger charge is -2.18. The van der Waals surface area contributed by atoms with E-state index in [1.807, 2.05) is 0 Å². The number of nitrogens with zero attached hydrogens (tertiary/aromatic N) is 1. The van der Waals surface area contributed by atoms with E-state index in [0.717, 1.165) is 13.1 Å². The molecule has 6 heteroatoms. The molecule has 0 spiro atoms.